The quantitative estimate of drug-likeness (QED) is 0.0248. The van der Waals surface area contributed by atoms with E-state index in [-0.39, 0.29) is 32.1 Å². The Hall–Kier alpha value is -2.03. The maximum atomic E-state index is 12.0. The van der Waals surface area contributed by atoms with Gasteiger partial charge in [0.25, 0.3) is 0 Å². The highest BCUT2D eigenvalue weighted by atomic mass is 31.2. The molecule has 0 saturated carbocycles. The van der Waals surface area contributed by atoms with Crippen molar-refractivity contribution in [1.82, 2.24) is 5.32 Å². The van der Waals surface area contributed by atoms with Gasteiger partial charge in [-0.05, 0) is 57.8 Å². The zero-order valence-electron chi connectivity index (χ0n) is 32.3. The van der Waals surface area contributed by atoms with Crippen LogP contribution in [0.25, 0.3) is 0 Å². The standard InChI is InChI=1S/C41H74NO8P/c1-3-5-7-9-11-13-14-15-16-17-18-19-20-21-22-23-24-26-28-30-32-34-41(45)48-37-39(43)38-50-51(46,47)49-36-35-42-40(44)33-31-29-27-25-12-10-8-6-4-2/h11,13,15-16,18-19,21-22,39,43H,3-10,12,14,17,20,23-38H2,1-2H3,(H,42,44)(H,46,47)/b13-11-,16-15-,19-18-,22-21-. The van der Waals surface area contributed by atoms with Crippen LogP contribution in [0.5, 0.6) is 0 Å². The third kappa shape index (κ3) is 39.0. The first-order valence-electron chi connectivity index (χ1n) is 20.1. The average molecular weight is 740 g/mol. The molecule has 0 radical (unpaired) electrons. The zero-order valence-corrected chi connectivity index (χ0v) is 33.2. The Balaban J connectivity index is 3.66. The van der Waals surface area contributed by atoms with Crippen LogP contribution < -0.4 is 5.32 Å². The lowest BCUT2D eigenvalue weighted by molar-refractivity contribution is -0.147. The minimum Gasteiger partial charge on any atom is -0.463 e. The highest BCUT2D eigenvalue weighted by Crippen LogP contribution is 2.42. The SMILES string of the molecule is CCCCC/C=C\C/C=C\C/C=C\C/C=C\CCCCCCCC(=O)OCC(O)COP(=O)(O)OCCNC(=O)CCCCCCCCCCC. The maximum absolute atomic E-state index is 12.0. The molecule has 3 N–H and O–H groups in total. The van der Waals surface area contributed by atoms with Crippen molar-refractivity contribution < 1.29 is 37.9 Å². The molecule has 0 aliphatic carbocycles. The van der Waals surface area contributed by atoms with Gasteiger partial charge in [-0.25, -0.2) is 4.57 Å². The van der Waals surface area contributed by atoms with Crippen LogP contribution in [0.2, 0.25) is 0 Å². The fourth-order valence-electron chi connectivity index (χ4n) is 5.19. The molecule has 0 aliphatic heterocycles. The number of hydrogen-bond donors (Lipinski definition) is 3. The number of allylic oxidation sites excluding steroid dienone is 8. The van der Waals surface area contributed by atoms with Gasteiger partial charge >= 0.3 is 13.8 Å². The molecule has 296 valence electrons. The van der Waals surface area contributed by atoms with E-state index in [4.69, 9.17) is 13.8 Å². The molecule has 9 nitrogen and oxygen atoms in total. The molecule has 0 saturated heterocycles. The lowest BCUT2D eigenvalue weighted by Crippen LogP contribution is -2.27. The number of nitrogens with one attached hydrogen (secondary N) is 1. The lowest BCUT2D eigenvalue weighted by atomic mass is 10.1. The van der Waals surface area contributed by atoms with E-state index in [9.17, 15) is 24.2 Å². The van der Waals surface area contributed by atoms with Crippen molar-refractivity contribution >= 4 is 19.7 Å². The molecule has 0 heterocycles. The van der Waals surface area contributed by atoms with Crippen LogP contribution in [0.4, 0.5) is 0 Å². The molecule has 0 fully saturated rings. The molecule has 0 aromatic heterocycles. The van der Waals surface area contributed by atoms with Crippen LogP contribution in [0.3, 0.4) is 0 Å². The molecule has 0 spiro atoms. The number of esters is 1. The largest absolute Gasteiger partial charge is 0.472 e. The molecule has 2 unspecified atom stereocenters. The number of aliphatic hydroxyl groups is 1. The summed E-state index contributed by atoms with van der Waals surface area (Å²) >= 11 is 0. The fourth-order valence-corrected chi connectivity index (χ4v) is 5.94. The summed E-state index contributed by atoms with van der Waals surface area (Å²) in [7, 11) is -4.41. The smallest absolute Gasteiger partial charge is 0.463 e. The van der Waals surface area contributed by atoms with Gasteiger partial charge < -0.3 is 20.1 Å². The third-order valence-electron chi connectivity index (χ3n) is 8.26. The first kappa shape index (κ1) is 49.0. The lowest BCUT2D eigenvalue weighted by Gasteiger charge is -2.15. The minimum atomic E-state index is -4.41. The Morgan fingerprint density at radius 3 is 1.63 bits per heavy atom. The predicted molar refractivity (Wildman–Crippen MR) is 210 cm³/mol. The van der Waals surface area contributed by atoms with E-state index >= 15 is 0 Å². The number of aliphatic hydroxyl groups excluding tert-OH is 1. The van der Waals surface area contributed by atoms with Gasteiger partial charge in [0.1, 0.15) is 12.7 Å². The highest BCUT2D eigenvalue weighted by molar-refractivity contribution is 7.47. The van der Waals surface area contributed by atoms with Crippen LogP contribution in [0.15, 0.2) is 48.6 Å². The van der Waals surface area contributed by atoms with E-state index in [1.807, 2.05) is 0 Å². The van der Waals surface area contributed by atoms with Crippen LogP contribution in [0, 0.1) is 0 Å². The third-order valence-corrected chi connectivity index (χ3v) is 9.25. The van der Waals surface area contributed by atoms with Gasteiger partial charge in [-0.1, -0.05) is 146 Å². The summed E-state index contributed by atoms with van der Waals surface area (Å²) in [6.07, 6.45) is 41.9. The number of rotatable bonds is 37. The monoisotopic (exact) mass is 740 g/mol. The molecule has 1 amide bonds. The number of amides is 1. The van der Waals surface area contributed by atoms with Gasteiger partial charge in [0, 0.05) is 19.4 Å². The van der Waals surface area contributed by atoms with E-state index in [1.54, 1.807) is 0 Å². The second-order valence-corrected chi connectivity index (χ2v) is 14.7. The van der Waals surface area contributed by atoms with E-state index in [0.29, 0.717) is 12.8 Å². The Kier molecular flexibility index (Phi) is 36.2. The van der Waals surface area contributed by atoms with Gasteiger partial charge in [0.2, 0.25) is 5.91 Å². The molecule has 0 bridgehead atoms. The van der Waals surface area contributed by atoms with Gasteiger partial charge in [0.15, 0.2) is 0 Å². The molecule has 51 heavy (non-hydrogen) atoms. The van der Waals surface area contributed by atoms with Gasteiger partial charge in [0.05, 0.1) is 13.2 Å². The summed E-state index contributed by atoms with van der Waals surface area (Å²) in [4.78, 5) is 33.7. The van der Waals surface area contributed by atoms with E-state index in [1.165, 1.54) is 64.2 Å². The molecule has 0 aromatic carbocycles. The van der Waals surface area contributed by atoms with Crippen LogP contribution in [-0.4, -0.2) is 54.3 Å². The molecular weight excluding hydrogens is 665 g/mol. The van der Waals surface area contributed by atoms with Gasteiger partial charge in [-0.2, -0.15) is 0 Å². The van der Waals surface area contributed by atoms with Crippen molar-refractivity contribution in [2.75, 3.05) is 26.4 Å². The average Bonchev–Trinajstić information content (AvgIpc) is 3.11. The van der Waals surface area contributed by atoms with Crippen molar-refractivity contribution in [3.63, 3.8) is 0 Å². The number of carbonyl (C=O) groups excluding carboxylic acids is 2. The molecule has 0 aliphatic rings. The van der Waals surface area contributed by atoms with Crippen molar-refractivity contribution in [2.45, 2.75) is 174 Å². The summed E-state index contributed by atoms with van der Waals surface area (Å²) < 4.78 is 26.7. The molecule has 0 aromatic rings. The first-order valence-corrected chi connectivity index (χ1v) is 21.6. The molecular formula is C41H74NO8P. The topological polar surface area (TPSA) is 131 Å². The number of ether oxygens (including phenoxy) is 1. The van der Waals surface area contributed by atoms with E-state index in [2.05, 4.69) is 67.8 Å². The highest BCUT2D eigenvalue weighted by Gasteiger charge is 2.23. The van der Waals surface area contributed by atoms with E-state index < -0.39 is 26.5 Å². The summed E-state index contributed by atoms with van der Waals surface area (Å²) in [5.41, 5.74) is 0. The molecule has 2 atom stereocenters. The van der Waals surface area contributed by atoms with E-state index in [0.717, 1.165) is 70.6 Å². The Bertz CT molecular complexity index is 981. The first-order chi connectivity index (χ1) is 24.8. The zero-order chi connectivity index (χ0) is 37.5. The summed E-state index contributed by atoms with van der Waals surface area (Å²) in [6, 6.07) is 0. The maximum Gasteiger partial charge on any atom is 0.472 e. The second-order valence-electron chi connectivity index (χ2n) is 13.3. The predicted octanol–water partition coefficient (Wildman–Crippen LogP) is 10.8. The minimum absolute atomic E-state index is 0.0791. The van der Waals surface area contributed by atoms with Gasteiger partial charge in [-0.15, -0.1) is 0 Å². The number of carbonyl (C=O) groups is 2. The van der Waals surface area contributed by atoms with Crippen molar-refractivity contribution in [2.24, 2.45) is 0 Å². The molecule has 0 rings (SSSR count). The number of unbranched alkanes of at least 4 members (excludes halogenated alkanes) is 16. The number of hydrogen-bond acceptors (Lipinski definition) is 7. The summed E-state index contributed by atoms with van der Waals surface area (Å²) in [5.74, 6) is -0.539. The summed E-state index contributed by atoms with van der Waals surface area (Å²) in [6.45, 7) is 3.47. The fraction of sp³-hybridized carbons (Fsp3) is 0.756. The Labute approximate surface area is 311 Å². The summed E-state index contributed by atoms with van der Waals surface area (Å²) in [5, 5.41) is 12.6. The normalized spacial score (nSPS) is 13.9. The molecule has 10 heteroatoms. The van der Waals surface area contributed by atoms with Crippen LogP contribution >= 0.6 is 7.82 Å². The van der Waals surface area contributed by atoms with Crippen LogP contribution in [0.1, 0.15) is 168 Å². The van der Waals surface area contributed by atoms with Gasteiger partial charge in [-0.3, -0.25) is 18.6 Å². The van der Waals surface area contributed by atoms with Crippen molar-refractivity contribution in [1.29, 1.82) is 0 Å². The van der Waals surface area contributed by atoms with Crippen molar-refractivity contribution in [3.8, 4) is 0 Å². The van der Waals surface area contributed by atoms with Crippen molar-refractivity contribution in [3.05, 3.63) is 48.6 Å². The van der Waals surface area contributed by atoms with Crippen LogP contribution in [-0.2, 0) is 27.9 Å². The Morgan fingerprint density at radius 1 is 0.608 bits per heavy atom. The Morgan fingerprint density at radius 2 is 1.06 bits per heavy atom. The second kappa shape index (κ2) is 37.7. The number of phosphoric ester groups is 1. The number of phosphoric acid groups is 1.